The summed E-state index contributed by atoms with van der Waals surface area (Å²) in [6.45, 7) is 8.84. The first-order valence-electron chi connectivity index (χ1n) is 11.5. The summed E-state index contributed by atoms with van der Waals surface area (Å²) in [5.41, 5.74) is 1.57. The Bertz CT molecular complexity index is 1270. The molecule has 0 aliphatic carbocycles. The van der Waals surface area contributed by atoms with E-state index in [2.05, 4.69) is 0 Å². The lowest BCUT2D eigenvalue weighted by Gasteiger charge is -2.17. The molecule has 3 rings (SSSR count). The third kappa shape index (κ3) is 5.25. The van der Waals surface area contributed by atoms with Crippen molar-refractivity contribution >= 4 is 53.7 Å². The van der Waals surface area contributed by atoms with Gasteiger partial charge in [0.25, 0.3) is 0 Å². The molecule has 6 nitrogen and oxygen atoms in total. The molecule has 0 saturated heterocycles. The van der Waals surface area contributed by atoms with E-state index in [1.54, 1.807) is 12.2 Å². The molecule has 0 aromatic heterocycles. The lowest BCUT2D eigenvalue weighted by atomic mass is 9.92. The van der Waals surface area contributed by atoms with Gasteiger partial charge in [0.05, 0.1) is 0 Å². The second-order valence-electron chi connectivity index (χ2n) is 7.78. The monoisotopic (exact) mass is 500 g/mol. The van der Waals surface area contributed by atoms with Crippen LogP contribution in [0.25, 0.3) is 33.7 Å². The topological polar surface area (TPSA) is 74.8 Å². The molecule has 0 radical (unpaired) electrons. The van der Waals surface area contributed by atoms with Crippen molar-refractivity contribution in [2.75, 3.05) is 26.2 Å². The highest BCUT2D eigenvalue weighted by molar-refractivity contribution is 7.92. The van der Waals surface area contributed by atoms with Crippen molar-refractivity contribution in [2.24, 2.45) is 0 Å². The Balaban J connectivity index is 2.28. The van der Waals surface area contributed by atoms with Crippen molar-refractivity contribution in [3.05, 3.63) is 70.5 Å². The first-order chi connectivity index (χ1) is 16.2. The third-order valence-corrected chi connectivity index (χ3v) is 9.39. The van der Waals surface area contributed by atoms with Crippen LogP contribution in [-0.2, 0) is 20.0 Å². The molecular formula is C26H32N2O4S2. The van der Waals surface area contributed by atoms with E-state index in [-0.39, 0.29) is 0 Å². The molecule has 0 atom stereocenters. The zero-order valence-corrected chi connectivity index (χ0v) is 21.7. The minimum absolute atomic E-state index is 0.398. The maximum atomic E-state index is 12.8. The van der Waals surface area contributed by atoms with Crippen molar-refractivity contribution in [3.8, 4) is 0 Å². The lowest BCUT2D eigenvalue weighted by molar-refractivity contribution is 0.452. The number of nitrogens with zero attached hydrogens (tertiary/aromatic N) is 2. The van der Waals surface area contributed by atoms with Crippen LogP contribution in [0.4, 0.5) is 0 Å². The van der Waals surface area contributed by atoms with Crippen molar-refractivity contribution < 1.29 is 16.8 Å². The van der Waals surface area contributed by atoms with E-state index in [0.717, 1.165) is 32.7 Å². The van der Waals surface area contributed by atoms with Crippen LogP contribution >= 0.6 is 0 Å². The van der Waals surface area contributed by atoms with E-state index < -0.39 is 20.0 Å². The molecule has 0 amide bonds. The number of benzene rings is 3. The minimum atomic E-state index is -3.56. The lowest BCUT2D eigenvalue weighted by Crippen LogP contribution is -2.28. The summed E-state index contributed by atoms with van der Waals surface area (Å²) in [7, 11) is -7.12. The highest BCUT2D eigenvalue weighted by atomic mass is 32.2. The van der Waals surface area contributed by atoms with Gasteiger partial charge in [-0.2, -0.15) is 8.61 Å². The van der Waals surface area contributed by atoms with Crippen LogP contribution in [0.2, 0.25) is 0 Å². The second-order valence-corrected chi connectivity index (χ2v) is 11.4. The smallest absolute Gasteiger partial charge is 0.208 e. The zero-order chi connectivity index (χ0) is 24.9. The standard InChI is InChI=1S/C26H32N2O4S2/c1-5-27(6-2)33(29,30)19-17-25-21-13-9-11-15-23(21)26(24-16-12-10-14-22(24)25)18-20-34(31,32)28(7-3)8-4/h9-20H,5-8H2,1-4H3/b19-17+,20-18+. The summed E-state index contributed by atoms with van der Waals surface area (Å²) < 4.78 is 54.0. The molecule has 0 saturated carbocycles. The predicted octanol–water partition coefficient (Wildman–Crippen LogP) is 5.28. The molecule has 182 valence electrons. The second kappa shape index (κ2) is 10.8. The van der Waals surface area contributed by atoms with Gasteiger partial charge in [0.1, 0.15) is 0 Å². The van der Waals surface area contributed by atoms with Crippen molar-refractivity contribution in [1.29, 1.82) is 0 Å². The summed E-state index contributed by atoms with van der Waals surface area (Å²) in [4.78, 5) is 0. The first-order valence-corrected chi connectivity index (χ1v) is 14.5. The van der Waals surface area contributed by atoms with Gasteiger partial charge in [-0.1, -0.05) is 76.2 Å². The SMILES string of the molecule is CCN(CC)S(=O)(=O)/C=C/c1c2ccccc2c(/C=C/S(=O)(=O)N(CC)CC)c2ccccc12. The third-order valence-electron chi connectivity index (χ3n) is 5.96. The normalized spacial score (nSPS) is 13.4. The average Bonchev–Trinajstić information content (AvgIpc) is 2.82. The molecule has 0 bridgehead atoms. The molecule has 8 heteroatoms. The van der Waals surface area contributed by atoms with E-state index in [9.17, 15) is 16.8 Å². The maximum absolute atomic E-state index is 12.8. The van der Waals surface area contributed by atoms with E-state index in [4.69, 9.17) is 0 Å². The molecular weight excluding hydrogens is 468 g/mol. The van der Waals surface area contributed by atoms with Gasteiger partial charge in [-0.3, -0.25) is 0 Å². The number of sulfonamides is 2. The molecule has 0 heterocycles. The number of hydrogen-bond donors (Lipinski definition) is 0. The van der Waals surface area contributed by atoms with Crippen LogP contribution in [0.1, 0.15) is 38.8 Å². The summed E-state index contributed by atoms with van der Waals surface area (Å²) in [6.07, 6.45) is 3.30. The molecule has 3 aromatic carbocycles. The van der Waals surface area contributed by atoms with Crippen molar-refractivity contribution in [1.82, 2.24) is 8.61 Å². The van der Waals surface area contributed by atoms with E-state index in [0.29, 0.717) is 26.2 Å². The van der Waals surface area contributed by atoms with Gasteiger partial charge in [0.2, 0.25) is 20.0 Å². The van der Waals surface area contributed by atoms with Crippen LogP contribution in [0.15, 0.2) is 59.3 Å². The van der Waals surface area contributed by atoms with Crippen molar-refractivity contribution in [2.45, 2.75) is 27.7 Å². The van der Waals surface area contributed by atoms with E-state index in [1.165, 1.54) is 19.4 Å². The summed E-state index contributed by atoms with van der Waals surface area (Å²) in [5, 5.41) is 5.93. The van der Waals surface area contributed by atoms with Gasteiger partial charge in [-0.15, -0.1) is 0 Å². The van der Waals surface area contributed by atoms with Crippen LogP contribution in [-0.4, -0.2) is 51.6 Å². The summed E-state index contributed by atoms with van der Waals surface area (Å²) in [5.74, 6) is 0. The Morgan fingerprint density at radius 3 is 1.06 bits per heavy atom. The minimum Gasteiger partial charge on any atom is -0.208 e. The highest BCUT2D eigenvalue weighted by Gasteiger charge is 2.18. The van der Waals surface area contributed by atoms with Gasteiger partial charge in [0, 0.05) is 37.0 Å². The fourth-order valence-electron chi connectivity index (χ4n) is 4.20. The fraction of sp³-hybridized carbons (Fsp3) is 0.308. The molecule has 3 aromatic rings. The van der Waals surface area contributed by atoms with Gasteiger partial charge in [-0.25, -0.2) is 16.8 Å². The van der Waals surface area contributed by atoms with E-state index >= 15 is 0 Å². The Hall–Kier alpha value is -2.52. The van der Waals surface area contributed by atoms with Crippen LogP contribution in [0.5, 0.6) is 0 Å². The molecule has 0 aliphatic rings. The predicted molar refractivity (Wildman–Crippen MR) is 143 cm³/mol. The van der Waals surface area contributed by atoms with Crippen LogP contribution < -0.4 is 0 Å². The van der Waals surface area contributed by atoms with Crippen molar-refractivity contribution in [3.63, 3.8) is 0 Å². The molecule has 0 spiro atoms. The van der Waals surface area contributed by atoms with Gasteiger partial charge < -0.3 is 0 Å². The number of rotatable bonds is 10. The fourth-order valence-corrected chi connectivity index (χ4v) is 6.60. The average molecular weight is 501 g/mol. The van der Waals surface area contributed by atoms with Crippen LogP contribution in [0.3, 0.4) is 0 Å². The number of fused-ring (bicyclic) bond motifs is 2. The highest BCUT2D eigenvalue weighted by Crippen LogP contribution is 2.35. The molecule has 0 N–H and O–H groups in total. The summed E-state index contributed by atoms with van der Waals surface area (Å²) >= 11 is 0. The van der Waals surface area contributed by atoms with Gasteiger partial charge in [0.15, 0.2) is 0 Å². The molecule has 0 aliphatic heterocycles. The molecule has 0 unspecified atom stereocenters. The van der Waals surface area contributed by atoms with Gasteiger partial charge in [-0.05, 0) is 44.8 Å². The maximum Gasteiger partial charge on any atom is 0.236 e. The largest absolute Gasteiger partial charge is 0.236 e. The first kappa shape index (κ1) is 26.1. The Labute approximate surface area is 203 Å². The van der Waals surface area contributed by atoms with E-state index in [1.807, 2.05) is 76.2 Å². The Morgan fingerprint density at radius 1 is 0.559 bits per heavy atom. The summed E-state index contributed by atoms with van der Waals surface area (Å²) in [6, 6.07) is 15.3. The number of hydrogen-bond acceptors (Lipinski definition) is 4. The Morgan fingerprint density at radius 2 is 0.824 bits per heavy atom. The molecule has 34 heavy (non-hydrogen) atoms. The molecule has 0 fully saturated rings. The Kier molecular flexibility index (Phi) is 8.30. The van der Waals surface area contributed by atoms with Gasteiger partial charge >= 0.3 is 0 Å². The quantitative estimate of drug-likeness (QED) is 0.355. The zero-order valence-electron chi connectivity index (χ0n) is 20.1. The van der Waals surface area contributed by atoms with Crippen LogP contribution in [0, 0.1) is 0 Å².